The Morgan fingerprint density at radius 2 is 1.73 bits per heavy atom. The minimum Gasteiger partial charge on any atom is -0.477 e. The molecule has 1 N–H and O–H groups in total. The van der Waals surface area contributed by atoms with Crippen molar-refractivity contribution in [2.75, 3.05) is 0 Å². The van der Waals surface area contributed by atoms with E-state index in [-0.39, 0.29) is 11.6 Å². The van der Waals surface area contributed by atoms with Gasteiger partial charge in [-0.2, -0.15) is 0 Å². The van der Waals surface area contributed by atoms with Crippen molar-refractivity contribution in [2.45, 2.75) is 63.8 Å². The molecule has 2 atom stereocenters. The van der Waals surface area contributed by atoms with Crippen LogP contribution in [0.5, 0.6) is 5.75 Å². The number of hydrogen-bond acceptors (Lipinski definition) is 3. The monoisotopic (exact) mass is 464 g/mol. The van der Waals surface area contributed by atoms with Crippen LogP contribution in [0.4, 0.5) is 17.6 Å². The van der Waals surface area contributed by atoms with Crippen LogP contribution in [-0.2, 0) is 16.1 Å². The summed E-state index contributed by atoms with van der Waals surface area (Å²) >= 11 is 0. The number of nitrogens with one attached hydrogen (secondary N) is 1. The zero-order chi connectivity index (χ0) is 23.7. The molecule has 0 spiro atoms. The van der Waals surface area contributed by atoms with E-state index >= 15 is 0 Å². The van der Waals surface area contributed by atoms with E-state index < -0.39 is 65.1 Å². The highest BCUT2D eigenvalue weighted by molar-refractivity contribution is 5.92. The van der Waals surface area contributed by atoms with Gasteiger partial charge in [0.25, 0.3) is 5.91 Å². The molecule has 0 radical (unpaired) electrons. The van der Waals surface area contributed by atoms with Crippen molar-refractivity contribution >= 4 is 11.8 Å². The molecule has 1 fully saturated rings. The number of carbonyl (C=O) groups is 2. The summed E-state index contributed by atoms with van der Waals surface area (Å²) in [7, 11) is 0. The maximum atomic E-state index is 14.6. The molecule has 176 valence electrons. The number of benzene rings is 2. The Kier molecular flexibility index (Phi) is 6.58. The second kappa shape index (κ2) is 9.41. The van der Waals surface area contributed by atoms with Gasteiger partial charge in [-0.3, -0.25) is 9.59 Å². The van der Waals surface area contributed by atoms with Crippen LogP contribution in [-0.4, -0.2) is 28.9 Å². The maximum absolute atomic E-state index is 14.6. The predicted octanol–water partition coefficient (Wildman–Crippen LogP) is 4.54. The number of carbonyl (C=O) groups excluding carboxylic acids is 2. The first-order chi connectivity index (χ1) is 15.8. The number of nitrogens with zero attached hydrogens (tertiary/aromatic N) is 1. The lowest BCUT2D eigenvalue weighted by Crippen LogP contribution is -2.48. The van der Waals surface area contributed by atoms with E-state index in [2.05, 4.69) is 5.32 Å². The molecule has 5 nitrogen and oxygen atoms in total. The average Bonchev–Trinajstić information content (AvgIpc) is 2.87. The second-order valence-electron chi connectivity index (χ2n) is 8.48. The molecule has 1 saturated carbocycles. The first kappa shape index (κ1) is 23.1. The Balaban J connectivity index is 1.81. The second-order valence-corrected chi connectivity index (χ2v) is 8.48. The Morgan fingerprint density at radius 1 is 1.06 bits per heavy atom. The standard InChI is InChI=1S/C24H24F4N2O3/c1-13-24(32)30(12-17-18(26)8-5-9-19(17)27)21(23(31)29-15-6-3-2-4-7-15)16-10-14(25)11-20(28)22(16)33-13/h5,8-11,13,15,21H,2-4,6-7,12H2,1H3,(H,29,31). The molecule has 2 unspecified atom stereocenters. The molecule has 0 saturated heterocycles. The van der Waals surface area contributed by atoms with E-state index in [1.165, 1.54) is 13.0 Å². The lowest BCUT2D eigenvalue weighted by molar-refractivity contribution is -0.145. The molecule has 0 aromatic heterocycles. The van der Waals surface area contributed by atoms with Crippen molar-refractivity contribution in [1.82, 2.24) is 10.2 Å². The molecule has 1 aliphatic heterocycles. The van der Waals surface area contributed by atoms with Crippen LogP contribution in [0.2, 0.25) is 0 Å². The molecule has 2 aromatic rings. The summed E-state index contributed by atoms with van der Waals surface area (Å²) in [5.74, 6) is -5.75. The quantitative estimate of drug-likeness (QED) is 0.676. The van der Waals surface area contributed by atoms with E-state index in [4.69, 9.17) is 4.74 Å². The van der Waals surface area contributed by atoms with Crippen molar-refractivity contribution in [3.63, 3.8) is 0 Å². The minimum atomic E-state index is -1.54. The van der Waals surface area contributed by atoms with Gasteiger partial charge < -0.3 is 15.0 Å². The fourth-order valence-electron chi connectivity index (χ4n) is 4.50. The predicted molar refractivity (Wildman–Crippen MR) is 111 cm³/mol. The number of halogens is 4. The van der Waals surface area contributed by atoms with Crippen LogP contribution < -0.4 is 10.1 Å². The summed E-state index contributed by atoms with van der Waals surface area (Å²) in [6, 6.07) is 3.05. The summed E-state index contributed by atoms with van der Waals surface area (Å²) in [4.78, 5) is 27.6. The van der Waals surface area contributed by atoms with Gasteiger partial charge in [-0.15, -0.1) is 0 Å². The van der Waals surface area contributed by atoms with Crippen LogP contribution in [0.25, 0.3) is 0 Å². The number of rotatable bonds is 4. The van der Waals surface area contributed by atoms with E-state index in [0.717, 1.165) is 55.2 Å². The third-order valence-corrected chi connectivity index (χ3v) is 6.16. The fraction of sp³-hybridized carbons (Fsp3) is 0.417. The SMILES string of the molecule is CC1Oc2c(F)cc(F)cc2C(C(=O)NC2CCCCC2)N(Cc2c(F)cccc2F)C1=O. The highest BCUT2D eigenvalue weighted by atomic mass is 19.1. The summed E-state index contributed by atoms with van der Waals surface area (Å²) in [6.45, 7) is 0.715. The molecule has 2 aromatic carbocycles. The Hall–Kier alpha value is -3.10. The average molecular weight is 464 g/mol. The Labute approximate surface area is 188 Å². The zero-order valence-electron chi connectivity index (χ0n) is 18.0. The first-order valence-electron chi connectivity index (χ1n) is 11.0. The highest BCUT2D eigenvalue weighted by Gasteiger charge is 2.42. The van der Waals surface area contributed by atoms with Gasteiger partial charge in [-0.25, -0.2) is 17.6 Å². The maximum Gasteiger partial charge on any atom is 0.264 e. The summed E-state index contributed by atoms with van der Waals surface area (Å²) in [6.07, 6.45) is 3.05. The zero-order valence-corrected chi connectivity index (χ0v) is 18.0. The first-order valence-corrected chi connectivity index (χ1v) is 11.0. The molecule has 2 aliphatic rings. The van der Waals surface area contributed by atoms with E-state index in [1.54, 1.807) is 0 Å². The molecular formula is C24H24F4N2O3. The lowest BCUT2D eigenvalue weighted by Gasteiger charge is -2.32. The van der Waals surface area contributed by atoms with E-state index in [9.17, 15) is 27.2 Å². The third-order valence-electron chi connectivity index (χ3n) is 6.16. The van der Waals surface area contributed by atoms with E-state index in [1.807, 2.05) is 0 Å². The largest absolute Gasteiger partial charge is 0.477 e. The molecule has 1 aliphatic carbocycles. The smallest absolute Gasteiger partial charge is 0.264 e. The van der Waals surface area contributed by atoms with Crippen LogP contribution in [0, 0.1) is 23.3 Å². The Morgan fingerprint density at radius 3 is 2.39 bits per heavy atom. The van der Waals surface area contributed by atoms with Crippen LogP contribution in [0.1, 0.15) is 56.2 Å². The number of fused-ring (bicyclic) bond motifs is 1. The van der Waals surface area contributed by atoms with Crippen LogP contribution >= 0.6 is 0 Å². The summed E-state index contributed by atoms with van der Waals surface area (Å²) < 4.78 is 63.2. The normalized spacial score (nSPS) is 21.2. The molecule has 4 rings (SSSR count). The minimum absolute atomic E-state index is 0.170. The molecule has 33 heavy (non-hydrogen) atoms. The van der Waals surface area contributed by atoms with Crippen molar-refractivity contribution in [3.05, 3.63) is 64.7 Å². The fourth-order valence-corrected chi connectivity index (χ4v) is 4.50. The van der Waals surface area contributed by atoms with Gasteiger partial charge in [0.05, 0.1) is 6.54 Å². The van der Waals surface area contributed by atoms with Gasteiger partial charge in [-0.1, -0.05) is 25.3 Å². The van der Waals surface area contributed by atoms with Crippen LogP contribution in [0.3, 0.4) is 0 Å². The van der Waals surface area contributed by atoms with Gasteiger partial charge in [0.1, 0.15) is 23.5 Å². The lowest BCUT2D eigenvalue weighted by atomic mass is 9.94. The van der Waals surface area contributed by atoms with Gasteiger partial charge in [-0.05, 0) is 38.0 Å². The molecule has 2 amide bonds. The Bertz CT molecular complexity index is 1050. The van der Waals surface area contributed by atoms with Gasteiger partial charge in [0.15, 0.2) is 17.7 Å². The van der Waals surface area contributed by atoms with Gasteiger partial charge in [0, 0.05) is 23.2 Å². The van der Waals surface area contributed by atoms with E-state index in [0.29, 0.717) is 6.07 Å². The third kappa shape index (κ3) is 4.67. The number of amides is 2. The van der Waals surface area contributed by atoms with Gasteiger partial charge >= 0.3 is 0 Å². The number of hydrogen-bond donors (Lipinski definition) is 1. The molecule has 0 bridgehead atoms. The molecular weight excluding hydrogens is 440 g/mol. The van der Waals surface area contributed by atoms with Crippen molar-refractivity contribution in [1.29, 1.82) is 0 Å². The van der Waals surface area contributed by atoms with Crippen molar-refractivity contribution in [2.24, 2.45) is 0 Å². The van der Waals surface area contributed by atoms with Crippen molar-refractivity contribution < 1.29 is 31.9 Å². The topological polar surface area (TPSA) is 58.6 Å². The summed E-state index contributed by atoms with van der Waals surface area (Å²) in [5, 5.41) is 2.86. The van der Waals surface area contributed by atoms with Crippen LogP contribution in [0.15, 0.2) is 30.3 Å². The van der Waals surface area contributed by atoms with Gasteiger partial charge in [0.2, 0.25) is 5.91 Å². The highest BCUT2D eigenvalue weighted by Crippen LogP contribution is 2.38. The number of ether oxygens (including phenoxy) is 1. The molecule has 9 heteroatoms. The van der Waals surface area contributed by atoms with Crippen molar-refractivity contribution in [3.8, 4) is 5.75 Å². The molecule has 1 heterocycles. The summed E-state index contributed by atoms with van der Waals surface area (Å²) in [5.41, 5.74) is -0.649.